The zero-order valence-electron chi connectivity index (χ0n) is 11.0. The van der Waals surface area contributed by atoms with Gasteiger partial charge in [0.25, 0.3) is 5.69 Å². The van der Waals surface area contributed by atoms with Crippen molar-refractivity contribution in [2.45, 2.75) is 32.7 Å². The van der Waals surface area contributed by atoms with E-state index in [0.717, 1.165) is 18.5 Å². The molecule has 0 aliphatic heterocycles. The van der Waals surface area contributed by atoms with E-state index in [1.54, 1.807) is 12.1 Å². The highest BCUT2D eigenvalue weighted by Crippen LogP contribution is 2.27. The van der Waals surface area contributed by atoms with Gasteiger partial charge in [0.1, 0.15) is 0 Å². The molecule has 1 unspecified atom stereocenters. The van der Waals surface area contributed by atoms with Crippen LogP contribution in [-0.4, -0.2) is 18.0 Å². The Balaban J connectivity index is 3.07. The second-order valence-corrected chi connectivity index (χ2v) is 4.39. The van der Waals surface area contributed by atoms with Crippen molar-refractivity contribution in [3.63, 3.8) is 0 Å². The number of nitro groups is 1. The average molecular weight is 252 g/mol. The van der Waals surface area contributed by atoms with Gasteiger partial charge in [0, 0.05) is 30.9 Å². The van der Waals surface area contributed by atoms with Gasteiger partial charge in [-0.25, -0.2) is 0 Å². The van der Waals surface area contributed by atoms with Crippen molar-refractivity contribution in [1.82, 2.24) is 0 Å². The maximum absolute atomic E-state index is 10.9. The maximum atomic E-state index is 10.9. The quantitative estimate of drug-likeness (QED) is 0.461. The molecule has 3 N–H and O–H groups in total. The highest BCUT2D eigenvalue weighted by molar-refractivity contribution is 5.64. The first-order valence-electron chi connectivity index (χ1n) is 5.98. The van der Waals surface area contributed by atoms with E-state index < -0.39 is 4.92 Å². The Kier molecular flexibility index (Phi) is 4.91. The molecule has 18 heavy (non-hydrogen) atoms. The Morgan fingerprint density at radius 2 is 2.17 bits per heavy atom. The van der Waals surface area contributed by atoms with Gasteiger partial charge >= 0.3 is 0 Å². The summed E-state index contributed by atoms with van der Waals surface area (Å²) in [4.78, 5) is 12.5. The molecule has 0 aliphatic carbocycles. The zero-order valence-corrected chi connectivity index (χ0v) is 11.0. The van der Waals surface area contributed by atoms with Gasteiger partial charge in [-0.3, -0.25) is 16.0 Å². The summed E-state index contributed by atoms with van der Waals surface area (Å²) in [5, 5.41) is 10.9. The van der Waals surface area contributed by atoms with Crippen molar-refractivity contribution in [3.8, 4) is 0 Å². The second kappa shape index (κ2) is 6.20. The first-order valence-corrected chi connectivity index (χ1v) is 5.98. The molecule has 0 saturated heterocycles. The predicted octanol–water partition coefficient (Wildman–Crippen LogP) is 2.51. The lowest BCUT2D eigenvalue weighted by atomic mass is 10.1. The predicted molar refractivity (Wildman–Crippen MR) is 73.7 cm³/mol. The minimum Gasteiger partial charge on any atom is -0.372 e. The Morgan fingerprint density at radius 1 is 1.50 bits per heavy atom. The highest BCUT2D eigenvalue weighted by Gasteiger charge is 2.15. The molecule has 1 aromatic rings. The van der Waals surface area contributed by atoms with Crippen LogP contribution in [0.1, 0.15) is 26.7 Å². The van der Waals surface area contributed by atoms with Crippen LogP contribution in [0.3, 0.4) is 0 Å². The number of nitrogens with zero attached hydrogens (tertiary/aromatic N) is 2. The molecule has 0 bridgehead atoms. The summed E-state index contributed by atoms with van der Waals surface area (Å²) in [6.45, 7) is 4.21. The summed E-state index contributed by atoms with van der Waals surface area (Å²) < 4.78 is 0. The van der Waals surface area contributed by atoms with Gasteiger partial charge in [0.05, 0.1) is 10.6 Å². The van der Waals surface area contributed by atoms with Gasteiger partial charge in [-0.2, -0.15) is 0 Å². The van der Waals surface area contributed by atoms with Crippen LogP contribution in [-0.2, 0) is 0 Å². The third-order valence-corrected chi connectivity index (χ3v) is 3.05. The van der Waals surface area contributed by atoms with E-state index in [9.17, 15) is 10.1 Å². The van der Waals surface area contributed by atoms with Crippen molar-refractivity contribution in [1.29, 1.82) is 0 Å². The number of benzene rings is 1. The van der Waals surface area contributed by atoms with Crippen molar-refractivity contribution < 1.29 is 4.92 Å². The zero-order chi connectivity index (χ0) is 13.7. The SMILES string of the molecule is CCCC(C)N(C)c1cc(NN)cc([N+](=O)[O-])c1. The summed E-state index contributed by atoms with van der Waals surface area (Å²) in [5.74, 6) is 5.33. The summed E-state index contributed by atoms with van der Waals surface area (Å²) in [6.07, 6.45) is 2.10. The van der Waals surface area contributed by atoms with Crippen LogP contribution in [0, 0.1) is 10.1 Å². The molecule has 0 heterocycles. The number of nitro benzene ring substituents is 1. The second-order valence-electron chi connectivity index (χ2n) is 4.39. The summed E-state index contributed by atoms with van der Waals surface area (Å²) >= 11 is 0. The number of hydrazine groups is 1. The van der Waals surface area contributed by atoms with Crippen LogP contribution >= 0.6 is 0 Å². The lowest BCUT2D eigenvalue weighted by molar-refractivity contribution is -0.384. The molecule has 0 spiro atoms. The van der Waals surface area contributed by atoms with Gasteiger partial charge in [0.15, 0.2) is 0 Å². The molecule has 0 aliphatic rings. The number of nitrogen functional groups attached to an aromatic ring is 1. The van der Waals surface area contributed by atoms with Gasteiger partial charge in [0.2, 0.25) is 0 Å². The number of anilines is 2. The number of nitrogens with two attached hydrogens (primary N) is 1. The van der Waals surface area contributed by atoms with Crippen LogP contribution in [0.5, 0.6) is 0 Å². The maximum Gasteiger partial charge on any atom is 0.273 e. The van der Waals surface area contributed by atoms with E-state index in [1.165, 1.54) is 6.07 Å². The molecule has 0 amide bonds. The molecule has 0 fully saturated rings. The standard InChI is InChI=1S/C12H20N4O2/c1-4-5-9(2)15(3)11-6-10(14-13)7-12(8-11)16(17)18/h6-9,14H,4-5,13H2,1-3H3. The smallest absolute Gasteiger partial charge is 0.273 e. The van der Waals surface area contributed by atoms with Gasteiger partial charge < -0.3 is 10.3 Å². The monoisotopic (exact) mass is 252 g/mol. The van der Waals surface area contributed by atoms with Crippen molar-refractivity contribution in [2.24, 2.45) is 5.84 Å². The Labute approximate surface area is 107 Å². The first-order chi connectivity index (χ1) is 8.49. The summed E-state index contributed by atoms with van der Waals surface area (Å²) in [6, 6.07) is 5.11. The average Bonchev–Trinajstić information content (AvgIpc) is 2.37. The summed E-state index contributed by atoms with van der Waals surface area (Å²) in [7, 11) is 1.93. The van der Waals surface area contributed by atoms with Crippen molar-refractivity contribution >= 4 is 17.1 Å². The van der Waals surface area contributed by atoms with Crippen LogP contribution < -0.4 is 16.2 Å². The number of hydrogen-bond donors (Lipinski definition) is 2. The largest absolute Gasteiger partial charge is 0.372 e. The molecule has 6 nitrogen and oxygen atoms in total. The van der Waals surface area contributed by atoms with Gasteiger partial charge in [-0.15, -0.1) is 0 Å². The molecular weight excluding hydrogens is 232 g/mol. The number of rotatable bonds is 6. The lowest BCUT2D eigenvalue weighted by Crippen LogP contribution is -2.28. The number of hydrogen-bond acceptors (Lipinski definition) is 5. The Bertz CT molecular complexity index is 423. The molecule has 0 aromatic heterocycles. The van der Waals surface area contributed by atoms with Crippen molar-refractivity contribution in [3.05, 3.63) is 28.3 Å². The minimum atomic E-state index is -0.414. The van der Waals surface area contributed by atoms with E-state index in [0.29, 0.717) is 11.7 Å². The minimum absolute atomic E-state index is 0.0380. The molecular formula is C12H20N4O2. The lowest BCUT2D eigenvalue weighted by Gasteiger charge is -2.27. The van der Waals surface area contributed by atoms with Crippen LogP contribution in [0.4, 0.5) is 17.1 Å². The van der Waals surface area contributed by atoms with Gasteiger partial charge in [-0.1, -0.05) is 13.3 Å². The van der Waals surface area contributed by atoms with E-state index in [1.807, 2.05) is 11.9 Å². The summed E-state index contributed by atoms with van der Waals surface area (Å²) in [5.41, 5.74) is 3.82. The third kappa shape index (κ3) is 3.33. The Hall–Kier alpha value is -1.82. The Morgan fingerprint density at radius 3 is 2.67 bits per heavy atom. The first kappa shape index (κ1) is 14.2. The van der Waals surface area contributed by atoms with E-state index in [2.05, 4.69) is 19.3 Å². The molecule has 100 valence electrons. The molecule has 1 atom stereocenters. The fraction of sp³-hybridized carbons (Fsp3) is 0.500. The third-order valence-electron chi connectivity index (χ3n) is 3.05. The topological polar surface area (TPSA) is 84.4 Å². The fourth-order valence-corrected chi connectivity index (χ4v) is 1.85. The fourth-order valence-electron chi connectivity index (χ4n) is 1.85. The van der Waals surface area contributed by atoms with E-state index in [-0.39, 0.29) is 5.69 Å². The van der Waals surface area contributed by atoms with Gasteiger partial charge in [-0.05, 0) is 19.4 Å². The molecule has 0 saturated carbocycles. The molecule has 6 heteroatoms. The number of nitrogens with one attached hydrogen (secondary N) is 1. The molecule has 0 radical (unpaired) electrons. The van der Waals surface area contributed by atoms with Crippen LogP contribution in [0.15, 0.2) is 18.2 Å². The van der Waals surface area contributed by atoms with E-state index >= 15 is 0 Å². The van der Waals surface area contributed by atoms with E-state index in [4.69, 9.17) is 5.84 Å². The van der Waals surface area contributed by atoms with Crippen molar-refractivity contribution in [2.75, 3.05) is 17.4 Å². The molecule has 1 aromatic carbocycles. The van der Waals surface area contributed by atoms with Crippen LogP contribution in [0.25, 0.3) is 0 Å². The normalized spacial score (nSPS) is 12.0. The number of non-ortho nitro benzene ring substituents is 1. The van der Waals surface area contributed by atoms with Crippen LogP contribution in [0.2, 0.25) is 0 Å². The molecule has 1 rings (SSSR count). The highest BCUT2D eigenvalue weighted by atomic mass is 16.6.